The lowest BCUT2D eigenvalue weighted by molar-refractivity contribution is -0.147. The fourth-order valence-corrected chi connectivity index (χ4v) is 2.19. The first kappa shape index (κ1) is 13.5. The number of carboxylic acid groups (broad SMARTS) is 1. The van der Waals surface area contributed by atoms with Crippen LogP contribution >= 0.6 is 27.5 Å². The molecule has 5 heteroatoms. The van der Waals surface area contributed by atoms with Gasteiger partial charge in [-0.2, -0.15) is 0 Å². The van der Waals surface area contributed by atoms with Gasteiger partial charge in [0.25, 0.3) is 0 Å². The lowest BCUT2D eigenvalue weighted by atomic mass is 9.99. The van der Waals surface area contributed by atoms with Crippen molar-refractivity contribution in [1.82, 2.24) is 0 Å². The topological polar surface area (TPSA) is 57.5 Å². The van der Waals surface area contributed by atoms with E-state index in [9.17, 15) is 9.90 Å². The van der Waals surface area contributed by atoms with Crippen molar-refractivity contribution in [3.8, 4) is 0 Å². The first-order valence-corrected chi connectivity index (χ1v) is 6.14. The van der Waals surface area contributed by atoms with Gasteiger partial charge in [0.05, 0.1) is 0 Å². The SMILES string of the molecule is O=C(O)C(O)c1cccc(Br)c1CCCCl. The predicted molar refractivity (Wildman–Crippen MR) is 65.8 cm³/mol. The van der Waals surface area contributed by atoms with E-state index in [0.29, 0.717) is 17.9 Å². The maximum Gasteiger partial charge on any atom is 0.337 e. The highest BCUT2D eigenvalue weighted by Gasteiger charge is 2.20. The minimum atomic E-state index is -1.48. The van der Waals surface area contributed by atoms with Gasteiger partial charge in [0.2, 0.25) is 0 Å². The quantitative estimate of drug-likeness (QED) is 0.822. The third-order valence-electron chi connectivity index (χ3n) is 2.24. The van der Waals surface area contributed by atoms with Crippen molar-refractivity contribution < 1.29 is 15.0 Å². The molecule has 0 aromatic heterocycles. The molecule has 0 radical (unpaired) electrons. The average molecular weight is 308 g/mol. The summed E-state index contributed by atoms with van der Waals surface area (Å²) in [6.45, 7) is 0. The second-order valence-corrected chi connectivity index (χ2v) is 4.57. The van der Waals surface area contributed by atoms with Gasteiger partial charge in [-0.3, -0.25) is 0 Å². The Morgan fingerprint density at radius 1 is 1.50 bits per heavy atom. The highest BCUT2D eigenvalue weighted by molar-refractivity contribution is 9.10. The molecule has 0 heterocycles. The highest BCUT2D eigenvalue weighted by Crippen LogP contribution is 2.27. The molecule has 1 aromatic rings. The molecular formula is C11H12BrClO3. The zero-order valence-corrected chi connectivity index (χ0v) is 10.8. The van der Waals surface area contributed by atoms with Crippen molar-refractivity contribution in [2.45, 2.75) is 18.9 Å². The van der Waals surface area contributed by atoms with E-state index in [1.807, 2.05) is 6.07 Å². The van der Waals surface area contributed by atoms with Crippen LogP contribution < -0.4 is 0 Å². The molecule has 0 aliphatic heterocycles. The number of halogens is 2. The molecule has 0 amide bonds. The van der Waals surface area contributed by atoms with Gasteiger partial charge in [-0.25, -0.2) is 4.79 Å². The first-order valence-electron chi connectivity index (χ1n) is 4.82. The Morgan fingerprint density at radius 2 is 2.19 bits per heavy atom. The van der Waals surface area contributed by atoms with Crippen molar-refractivity contribution in [2.75, 3.05) is 5.88 Å². The van der Waals surface area contributed by atoms with Crippen molar-refractivity contribution in [3.63, 3.8) is 0 Å². The molecule has 0 saturated carbocycles. The largest absolute Gasteiger partial charge is 0.479 e. The van der Waals surface area contributed by atoms with Gasteiger partial charge in [0.1, 0.15) is 0 Å². The van der Waals surface area contributed by atoms with Gasteiger partial charge in [-0.05, 0) is 30.0 Å². The standard InChI is InChI=1S/C11H12BrClO3/c12-9-5-1-3-8(10(14)11(15)16)7(9)4-2-6-13/h1,3,5,10,14H,2,4,6H2,(H,15,16). The van der Waals surface area contributed by atoms with Crippen molar-refractivity contribution in [1.29, 1.82) is 0 Å². The summed E-state index contributed by atoms with van der Waals surface area (Å²) in [5, 5.41) is 18.3. The van der Waals surface area contributed by atoms with Crippen LogP contribution in [0.4, 0.5) is 0 Å². The van der Waals surface area contributed by atoms with Crippen LogP contribution in [0.15, 0.2) is 22.7 Å². The van der Waals surface area contributed by atoms with Gasteiger partial charge in [-0.15, -0.1) is 11.6 Å². The van der Waals surface area contributed by atoms with Crippen molar-refractivity contribution in [3.05, 3.63) is 33.8 Å². The average Bonchev–Trinajstić information content (AvgIpc) is 2.26. The van der Waals surface area contributed by atoms with Crippen LogP contribution in [0.5, 0.6) is 0 Å². The van der Waals surface area contributed by atoms with E-state index in [1.54, 1.807) is 12.1 Å². The lowest BCUT2D eigenvalue weighted by Crippen LogP contribution is -2.13. The maximum absolute atomic E-state index is 10.7. The number of aliphatic hydroxyl groups is 1. The molecule has 0 aliphatic rings. The Hall–Kier alpha value is -0.580. The van der Waals surface area contributed by atoms with Crippen molar-refractivity contribution >= 4 is 33.5 Å². The number of aliphatic hydroxyl groups excluding tert-OH is 1. The molecular weight excluding hydrogens is 295 g/mol. The number of hydrogen-bond acceptors (Lipinski definition) is 2. The zero-order valence-electron chi connectivity index (χ0n) is 8.49. The molecule has 0 saturated heterocycles. The fourth-order valence-electron chi connectivity index (χ4n) is 1.47. The number of alkyl halides is 1. The van der Waals surface area contributed by atoms with Crippen LogP contribution in [0.25, 0.3) is 0 Å². The smallest absolute Gasteiger partial charge is 0.337 e. The van der Waals surface area contributed by atoms with Crippen LogP contribution in [-0.4, -0.2) is 22.1 Å². The van der Waals surface area contributed by atoms with Gasteiger partial charge in [0, 0.05) is 10.4 Å². The lowest BCUT2D eigenvalue weighted by Gasteiger charge is -2.13. The molecule has 1 atom stereocenters. The summed E-state index contributed by atoms with van der Waals surface area (Å²) < 4.78 is 0.801. The highest BCUT2D eigenvalue weighted by atomic mass is 79.9. The predicted octanol–water partition coefficient (Wildman–Crippen LogP) is 2.74. The summed E-state index contributed by atoms with van der Waals surface area (Å²) >= 11 is 8.95. The summed E-state index contributed by atoms with van der Waals surface area (Å²) in [7, 11) is 0. The molecule has 0 aliphatic carbocycles. The Kier molecular flexibility index (Phi) is 5.25. The molecule has 1 rings (SSSR count). The number of carboxylic acids is 1. The Morgan fingerprint density at radius 3 is 2.75 bits per heavy atom. The van der Waals surface area contributed by atoms with Gasteiger partial charge in [0.15, 0.2) is 6.10 Å². The van der Waals surface area contributed by atoms with E-state index in [1.165, 1.54) is 0 Å². The minimum absolute atomic E-state index is 0.423. The molecule has 2 N–H and O–H groups in total. The molecule has 3 nitrogen and oxygen atoms in total. The summed E-state index contributed by atoms with van der Waals surface area (Å²) in [6.07, 6.45) is -0.100. The third-order valence-corrected chi connectivity index (χ3v) is 3.25. The Balaban J connectivity index is 3.06. The second-order valence-electron chi connectivity index (χ2n) is 3.34. The van der Waals surface area contributed by atoms with Crippen LogP contribution in [0.3, 0.4) is 0 Å². The number of hydrogen-bond donors (Lipinski definition) is 2. The second kappa shape index (κ2) is 6.23. The fraction of sp³-hybridized carbons (Fsp3) is 0.364. The van der Waals surface area contributed by atoms with E-state index < -0.39 is 12.1 Å². The number of rotatable bonds is 5. The van der Waals surface area contributed by atoms with Crippen LogP contribution in [0.1, 0.15) is 23.7 Å². The van der Waals surface area contributed by atoms with Crippen LogP contribution in [0, 0.1) is 0 Å². The van der Waals surface area contributed by atoms with E-state index in [4.69, 9.17) is 16.7 Å². The van der Waals surface area contributed by atoms with E-state index in [2.05, 4.69) is 15.9 Å². The Bertz CT molecular complexity index is 381. The number of benzene rings is 1. The Labute approximate surface area is 107 Å². The molecule has 0 fully saturated rings. The van der Waals surface area contributed by atoms with Gasteiger partial charge < -0.3 is 10.2 Å². The summed E-state index contributed by atoms with van der Waals surface area (Å²) in [5.41, 5.74) is 1.23. The summed E-state index contributed by atoms with van der Waals surface area (Å²) in [6, 6.07) is 5.14. The molecule has 1 unspecified atom stereocenters. The molecule has 0 spiro atoms. The minimum Gasteiger partial charge on any atom is -0.479 e. The third kappa shape index (κ3) is 3.20. The summed E-state index contributed by atoms with van der Waals surface area (Å²) in [5.74, 6) is -0.741. The normalized spacial score (nSPS) is 12.4. The maximum atomic E-state index is 10.7. The number of carbonyl (C=O) groups is 1. The zero-order chi connectivity index (χ0) is 12.1. The van der Waals surface area contributed by atoms with Crippen molar-refractivity contribution in [2.24, 2.45) is 0 Å². The number of aliphatic carboxylic acids is 1. The van der Waals surface area contributed by atoms with E-state index in [0.717, 1.165) is 16.5 Å². The molecule has 16 heavy (non-hydrogen) atoms. The monoisotopic (exact) mass is 306 g/mol. The summed E-state index contributed by atoms with van der Waals surface area (Å²) in [4.78, 5) is 10.7. The van der Waals surface area contributed by atoms with Gasteiger partial charge in [-0.1, -0.05) is 28.1 Å². The molecule has 1 aromatic carbocycles. The molecule has 88 valence electrons. The van der Waals surface area contributed by atoms with E-state index >= 15 is 0 Å². The van der Waals surface area contributed by atoms with E-state index in [-0.39, 0.29) is 0 Å². The van der Waals surface area contributed by atoms with Crippen LogP contribution in [-0.2, 0) is 11.2 Å². The first-order chi connectivity index (χ1) is 7.57. The van der Waals surface area contributed by atoms with Crippen LogP contribution in [0.2, 0.25) is 0 Å². The van der Waals surface area contributed by atoms with Gasteiger partial charge >= 0.3 is 5.97 Å². The molecule has 0 bridgehead atoms.